The highest BCUT2D eigenvalue weighted by atomic mass is 15.0. The van der Waals surface area contributed by atoms with E-state index in [0.29, 0.717) is 25.0 Å². The second-order valence-electron chi connectivity index (χ2n) is 5.27. The van der Waals surface area contributed by atoms with E-state index in [0.717, 1.165) is 18.8 Å². The Kier molecular flexibility index (Phi) is 7.95. The molecule has 0 aromatic heterocycles. The molecule has 0 saturated carbocycles. The van der Waals surface area contributed by atoms with Gasteiger partial charge in [-0.15, -0.1) is 0 Å². The van der Waals surface area contributed by atoms with Gasteiger partial charge in [0.15, 0.2) is 0 Å². The Bertz CT molecular complexity index is 393. The Balaban J connectivity index is 2.24. The van der Waals surface area contributed by atoms with Gasteiger partial charge in [-0.2, -0.15) is 0 Å². The number of nitrogens with two attached hydrogens (primary N) is 2. The highest BCUT2D eigenvalue weighted by molar-refractivity contribution is 5.21. The van der Waals surface area contributed by atoms with Gasteiger partial charge in [-0.25, -0.2) is 0 Å². The lowest BCUT2D eigenvalue weighted by molar-refractivity contribution is 0.588. The molecule has 0 bridgehead atoms. The van der Waals surface area contributed by atoms with Gasteiger partial charge in [0, 0.05) is 25.3 Å². The fraction of sp³-hybridized carbons (Fsp3) is 0.500. The summed E-state index contributed by atoms with van der Waals surface area (Å²) in [7, 11) is 0. The van der Waals surface area contributed by atoms with Crippen LogP contribution in [0, 0.1) is 5.92 Å². The van der Waals surface area contributed by atoms with Crippen LogP contribution < -0.4 is 22.1 Å². The van der Waals surface area contributed by atoms with Crippen molar-refractivity contribution in [2.24, 2.45) is 17.4 Å². The summed E-state index contributed by atoms with van der Waals surface area (Å²) < 4.78 is 0. The Morgan fingerprint density at radius 1 is 1.50 bits per heavy atom. The molecule has 4 heteroatoms. The van der Waals surface area contributed by atoms with Crippen LogP contribution in [0.2, 0.25) is 0 Å². The quantitative estimate of drug-likeness (QED) is 0.500. The molecule has 0 aliphatic carbocycles. The number of hydrogen-bond donors (Lipinski definition) is 4. The predicted molar refractivity (Wildman–Crippen MR) is 87.2 cm³/mol. The molecule has 4 nitrogen and oxygen atoms in total. The van der Waals surface area contributed by atoms with Crippen molar-refractivity contribution in [3.05, 3.63) is 47.7 Å². The van der Waals surface area contributed by atoms with Gasteiger partial charge in [-0.3, -0.25) is 0 Å². The Morgan fingerprint density at radius 2 is 2.30 bits per heavy atom. The number of dihydropyridines is 1. The maximum atomic E-state index is 5.62. The van der Waals surface area contributed by atoms with Crippen LogP contribution in [-0.2, 0) is 0 Å². The van der Waals surface area contributed by atoms with Crippen LogP contribution in [0.4, 0.5) is 0 Å². The summed E-state index contributed by atoms with van der Waals surface area (Å²) in [5.41, 5.74) is 13.6. The molecule has 0 aromatic rings. The number of allylic oxidation sites excluding steroid dienone is 4. The maximum Gasteiger partial charge on any atom is 0.0569 e. The predicted octanol–water partition coefficient (Wildman–Crippen LogP) is 1.04. The zero-order valence-corrected chi connectivity index (χ0v) is 12.6. The van der Waals surface area contributed by atoms with Crippen LogP contribution >= 0.6 is 0 Å². The number of nitrogens with one attached hydrogen (secondary N) is 2. The third-order valence-electron chi connectivity index (χ3n) is 3.19. The first-order valence-corrected chi connectivity index (χ1v) is 7.24. The minimum atomic E-state index is 0.319. The maximum absolute atomic E-state index is 5.62. The summed E-state index contributed by atoms with van der Waals surface area (Å²) in [4.78, 5) is 0. The summed E-state index contributed by atoms with van der Waals surface area (Å²) in [6.07, 6.45) is 12.6. The van der Waals surface area contributed by atoms with Crippen molar-refractivity contribution >= 4 is 0 Å². The van der Waals surface area contributed by atoms with Gasteiger partial charge in [0.25, 0.3) is 0 Å². The number of hydrogen-bond acceptors (Lipinski definition) is 4. The van der Waals surface area contributed by atoms with Crippen molar-refractivity contribution in [2.75, 3.05) is 26.2 Å². The van der Waals surface area contributed by atoms with E-state index in [2.05, 4.69) is 54.9 Å². The minimum Gasteiger partial charge on any atom is -0.380 e. The molecule has 6 N–H and O–H groups in total. The van der Waals surface area contributed by atoms with Gasteiger partial charge < -0.3 is 22.1 Å². The lowest BCUT2D eigenvalue weighted by Gasteiger charge is -2.21. The van der Waals surface area contributed by atoms with Gasteiger partial charge in [0.2, 0.25) is 0 Å². The van der Waals surface area contributed by atoms with E-state index in [-0.39, 0.29) is 0 Å². The van der Waals surface area contributed by atoms with Gasteiger partial charge in [0.1, 0.15) is 0 Å². The summed E-state index contributed by atoms with van der Waals surface area (Å²) >= 11 is 0. The van der Waals surface area contributed by atoms with Crippen molar-refractivity contribution < 1.29 is 0 Å². The van der Waals surface area contributed by atoms with E-state index < -0.39 is 0 Å². The monoisotopic (exact) mass is 276 g/mol. The Morgan fingerprint density at radius 3 is 3.00 bits per heavy atom. The largest absolute Gasteiger partial charge is 0.380 e. The molecule has 2 unspecified atom stereocenters. The lowest BCUT2D eigenvalue weighted by atomic mass is 10.1. The molecule has 0 amide bonds. The van der Waals surface area contributed by atoms with Crippen LogP contribution in [0.1, 0.15) is 13.8 Å². The van der Waals surface area contributed by atoms with E-state index in [1.165, 1.54) is 5.57 Å². The van der Waals surface area contributed by atoms with Gasteiger partial charge >= 0.3 is 0 Å². The van der Waals surface area contributed by atoms with Crippen LogP contribution in [0.25, 0.3) is 0 Å². The molecule has 1 rings (SSSR count). The molecule has 0 spiro atoms. The summed E-state index contributed by atoms with van der Waals surface area (Å²) in [5.74, 6) is 0.435. The number of rotatable bonds is 8. The van der Waals surface area contributed by atoms with Crippen molar-refractivity contribution in [1.29, 1.82) is 0 Å². The van der Waals surface area contributed by atoms with E-state index in [4.69, 9.17) is 11.5 Å². The van der Waals surface area contributed by atoms with Crippen molar-refractivity contribution in [2.45, 2.75) is 19.9 Å². The summed E-state index contributed by atoms with van der Waals surface area (Å²) in [5, 5.41) is 6.82. The van der Waals surface area contributed by atoms with E-state index in [1.54, 1.807) is 0 Å². The lowest BCUT2D eigenvalue weighted by Crippen LogP contribution is -2.40. The van der Waals surface area contributed by atoms with E-state index in [9.17, 15) is 0 Å². The Labute approximate surface area is 122 Å². The van der Waals surface area contributed by atoms with Crippen molar-refractivity contribution in [1.82, 2.24) is 10.6 Å². The molecule has 20 heavy (non-hydrogen) atoms. The van der Waals surface area contributed by atoms with Crippen LogP contribution in [0.15, 0.2) is 47.7 Å². The zero-order valence-electron chi connectivity index (χ0n) is 12.6. The summed E-state index contributed by atoms with van der Waals surface area (Å²) in [6, 6.07) is 0.319. The minimum absolute atomic E-state index is 0.319. The molecule has 2 atom stereocenters. The molecule has 1 aliphatic rings. The molecule has 0 radical (unpaired) electrons. The van der Waals surface area contributed by atoms with E-state index >= 15 is 0 Å². The SMILES string of the molecule is C/C(=C\C=C/C(C)CN)CNCC1C=CC=C(CN)N1. The second-order valence-corrected chi connectivity index (χ2v) is 5.27. The third kappa shape index (κ3) is 6.70. The first-order chi connectivity index (χ1) is 9.65. The molecule has 0 aromatic carbocycles. The van der Waals surface area contributed by atoms with Gasteiger partial charge in [0.05, 0.1) is 6.04 Å². The standard InChI is InChI=1S/C16H28N4/c1-13(9-17)5-3-6-14(2)11-19-12-16-8-4-7-15(10-18)20-16/h3-8,13,16,19-20H,9-12,17-18H2,1-2H3/b5-3-,14-6+. The highest BCUT2D eigenvalue weighted by Gasteiger charge is 2.07. The average molecular weight is 276 g/mol. The average Bonchev–Trinajstić information content (AvgIpc) is 2.47. The molecular weight excluding hydrogens is 248 g/mol. The molecule has 112 valence electrons. The fourth-order valence-corrected chi connectivity index (χ4v) is 1.86. The van der Waals surface area contributed by atoms with Gasteiger partial charge in [-0.1, -0.05) is 42.9 Å². The first-order valence-electron chi connectivity index (χ1n) is 7.24. The van der Waals surface area contributed by atoms with E-state index in [1.807, 2.05) is 6.08 Å². The van der Waals surface area contributed by atoms with Crippen LogP contribution in [0.3, 0.4) is 0 Å². The van der Waals surface area contributed by atoms with Crippen LogP contribution in [-0.4, -0.2) is 32.2 Å². The van der Waals surface area contributed by atoms with Crippen molar-refractivity contribution in [3.8, 4) is 0 Å². The molecule has 0 fully saturated rings. The molecular formula is C16H28N4. The zero-order chi connectivity index (χ0) is 14.8. The normalized spacial score (nSPS) is 20.9. The van der Waals surface area contributed by atoms with Crippen LogP contribution in [0.5, 0.6) is 0 Å². The molecule has 0 saturated heterocycles. The molecule has 1 aliphatic heterocycles. The molecule has 1 heterocycles. The second kappa shape index (κ2) is 9.53. The third-order valence-corrected chi connectivity index (χ3v) is 3.19. The van der Waals surface area contributed by atoms with Crippen molar-refractivity contribution in [3.63, 3.8) is 0 Å². The Hall–Kier alpha value is -1.36. The smallest absolute Gasteiger partial charge is 0.0569 e. The topological polar surface area (TPSA) is 76.1 Å². The highest BCUT2D eigenvalue weighted by Crippen LogP contribution is 2.01. The summed E-state index contributed by atoms with van der Waals surface area (Å²) in [6.45, 7) is 7.26. The first kappa shape index (κ1) is 16.7. The fourth-order valence-electron chi connectivity index (χ4n) is 1.86. The van der Waals surface area contributed by atoms with Gasteiger partial charge in [-0.05, 0) is 25.5 Å².